The van der Waals surface area contributed by atoms with E-state index in [2.05, 4.69) is 15.3 Å². The Morgan fingerprint density at radius 3 is 2.46 bits per heavy atom. The van der Waals surface area contributed by atoms with Crippen molar-refractivity contribution in [1.29, 1.82) is 0 Å². The highest BCUT2D eigenvalue weighted by Crippen LogP contribution is 2.54. The number of ether oxygens (including phenoxy) is 2. The van der Waals surface area contributed by atoms with Crippen molar-refractivity contribution in [2.24, 2.45) is 11.8 Å². The number of aryl methyl sites for hydroxylation is 2. The predicted octanol–water partition coefficient (Wildman–Crippen LogP) is 7.87. The molecule has 4 atom stereocenters. The summed E-state index contributed by atoms with van der Waals surface area (Å²) in [7, 11) is 2.88. The van der Waals surface area contributed by atoms with Gasteiger partial charge < -0.3 is 45.3 Å². The Morgan fingerprint density at radius 2 is 1.67 bits per heavy atom. The molecule has 0 radical (unpaired) electrons. The van der Waals surface area contributed by atoms with Gasteiger partial charge in [-0.2, -0.15) is 11.9 Å². The number of rotatable bonds is 16. The van der Waals surface area contributed by atoms with Crippen molar-refractivity contribution >= 4 is 28.1 Å². The highest BCUT2D eigenvalue weighted by Gasteiger charge is 2.54. The van der Waals surface area contributed by atoms with E-state index in [9.17, 15) is 25.5 Å². The number of phenols is 4. The number of hydrogen-bond acceptors (Lipinski definition) is 10. The summed E-state index contributed by atoms with van der Waals surface area (Å²) >= 11 is 0. The molecule has 0 aliphatic heterocycles. The van der Waals surface area contributed by atoms with Crippen LogP contribution in [0.2, 0.25) is 0 Å². The Kier molecular flexibility index (Phi) is 11.6. The van der Waals surface area contributed by atoms with Crippen LogP contribution in [-0.2, 0) is 29.5 Å². The van der Waals surface area contributed by atoms with Crippen LogP contribution in [0.15, 0.2) is 103 Å². The van der Waals surface area contributed by atoms with Gasteiger partial charge in [-0.05, 0) is 133 Å². The largest absolute Gasteiger partial charge is 0.668 e. The Bertz CT molecular complexity index is 2340. The van der Waals surface area contributed by atoms with Crippen LogP contribution in [-0.4, -0.2) is 56.6 Å². The predicted molar refractivity (Wildman–Crippen MR) is 218 cm³/mol. The van der Waals surface area contributed by atoms with E-state index in [-0.39, 0.29) is 59.7 Å². The zero-order valence-electron chi connectivity index (χ0n) is 32.1. The highest BCUT2D eigenvalue weighted by atomic mass is 16.5. The van der Waals surface area contributed by atoms with Crippen molar-refractivity contribution in [1.82, 2.24) is 9.97 Å². The van der Waals surface area contributed by atoms with E-state index in [1.807, 2.05) is 48.5 Å². The van der Waals surface area contributed by atoms with E-state index < -0.39 is 17.4 Å². The summed E-state index contributed by atoms with van der Waals surface area (Å²) in [6.45, 7) is 0. The van der Waals surface area contributed by atoms with Gasteiger partial charge in [0.15, 0.2) is 23.0 Å². The maximum Gasteiger partial charge on any atom is 0.200 e. The number of methoxy groups -OCH3 is 2. The molecule has 4 aromatic carbocycles. The monoisotopic (exact) mass is 770 g/mol. The molecule has 2 aromatic heterocycles. The fourth-order valence-corrected chi connectivity index (χ4v) is 8.89. The van der Waals surface area contributed by atoms with Crippen molar-refractivity contribution < 1.29 is 39.8 Å². The van der Waals surface area contributed by atoms with Gasteiger partial charge in [-0.25, -0.2) is 4.98 Å². The minimum absolute atomic E-state index is 0.0192. The number of aromatic hydroxyl groups is 4. The number of carbonyl (C=O) groups excluding carboxylic acids is 1. The molecule has 7 rings (SSSR count). The Hall–Kier alpha value is -6.20. The van der Waals surface area contributed by atoms with Gasteiger partial charge in [0.05, 0.1) is 26.2 Å². The summed E-state index contributed by atoms with van der Waals surface area (Å²) < 4.78 is 10.6. The third-order valence-corrected chi connectivity index (χ3v) is 11.6. The lowest BCUT2D eigenvalue weighted by atomic mass is 9.59. The van der Waals surface area contributed by atoms with Gasteiger partial charge >= 0.3 is 0 Å². The molecule has 1 saturated carbocycles. The first kappa shape index (κ1) is 39.1. The molecule has 0 spiro atoms. The number of aliphatic hydroxyl groups is 1. The summed E-state index contributed by atoms with van der Waals surface area (Å²) in [5.74, 6) is -0.478. The van der Waals surface area contributed by atoms with Gasteiger partial charge in [0.2, 0.25) is 5.75 Å². The molecule has 6 aromatic rings. The molecule has 4 unspecified atom stereocenters. The van der Waals surface area contributed by atoms with Crippen LogP contribution in [0, 0.1) is 11.8 Å². The second kappa shape index (κ2) is 16.9. The number of anilines is 2. The molecule has 0 bridgehead atoms. The summed E-state index contributed by atoms with van der Waals surface area (Å²) in [4.78, 5) is 24.3. The smallest absolute Gasteiger partial charge is 0.200 e. The van der Waals surface area contributed by atoms with Crippen LogP contribution in [0.3, 0.4) is 0 Å². The number of carbonyl (C=O) groups is 1. The number of pyridine rings is 1. The fourth-order valence-electron chi connectivity index (χ4n) is 8.89. The molecule has 2 heterocycles. The van der Waals surface area contributed by atoms with Gasteiger partial charge in [-0.3, -0.25) is 4.79 Å². The zero-order valence-corrected chi connectivity index (χ0v) is 32.1. The number of nitrogens with zero attached hydrogens (tertiary/aromatic N) is 2. The van der Waals surface area contributed by atoms with Crippen LogP contribution in [0.25, 0.3) is 10.8 Å². The number of hydrogen-bond donors (Lipinski definition) is 6. The van der Waals surface area contributed by atoms with Crippen LogP contribution in [0.1, 0.15) is 54.5 Å². The molecule has 6 N–H and O–H groups in total. The summed E-state index contributed by atoms with van der Waals surface area (Å²) in [6, 6.07) is 27.1. The van der Waals surface area contributed by atoms with Crippen molar-refractivity contribution in [2.45, 2.75) is 62.9 Å². The average Bonchev–Trinajstić information content (AvgIpc) is 3.89. The lowest BCUT2D eigenvalue weighted by Crippen LogP contribution is -2.49. The topological polar surface area (TPSA) is 176 Å². The first-order valence-corrected chi connectivity index (χ1v) is 19.3. The molecule has 296 valence electrons. The van der Waals surface area contributed by atoms with Crippen LogP contribution in [0.5, 0.6) is 34.5 Å². The van der Waals surface area contributed by atoms with E-state index in [1.54, 1.807) is 48.8 Å². The molecule has 57 heavy (non-hydrogen) atoms. The SMILES string of the molecule is COc1cc(CCC(O)C(C(=O)CCc2cc(O)c(O)c(OC)c2)C2(c3ccnc(Nc4ccc5cc(O)ccc5c4)c3)CCCC2Cc2ccc[n-]2)ccc1O. The second-order valence-corrected chi connectivity index (χ2v) is 15.0. The third-order valence-electron chi connectivity index (χ3n) is 11.6. The van der Waals surface area contributed by atoms with E-state index in [0.29, 0.717) is 36.4 Å². The number of ketones is 1. The number of Topliss-reactive ketones (excluding diaryl/α,β-unsaturated/α-hetero) is 1. The normalized spacial score (nSPS) is 17.6. The number of phenolic OH excluding ortho intramolecular Hbond substituents is 4. The van der Waals surface area contributed by atoms with Gasteiger partial charge in [0, 0.05) is 23.7 Å². The lowest BCUT2D eigenvalue weighted by molar-refractivity contribution is -0.131. The van der Waals surface area contributed by atoms with Gasteiger partial charge in [-0.15, -0.1) is 0 Å². The van der Waals surface area contributed by atoms with E-state index in [1.165, 1.54) is 20.3 Å². The average molecular weight is 771 g/mol. The molecule has 0 saturated heterocycles. The molecule has 0 amide bonds. The Balaban J connectivity index is 1.28. The van der Waals surface area contributed by atoms with E-state index in [4.69, 9.17) is 9.47 Å². The molecule has 1 fully saturated rings. The Morgan fingerprint density at radius 1 is 0.877 bits per heavy atom. The molecule has 1 aliphatic rings. The quantitative estimate of drug-likeness (QED) is 0.0529. The van der Waals surface area contributed by atoms with Crippen LogP contribution >= 0.6 is 0 Å². The lowest BCUT2D eigenvalue weighted by Gasteiger charge is -2.45. The molecular weight excluding hydrogens is 723 g/mol. The first-order valence-electron chi connectivity index (χ1n) is 19.3. The number of aliphatic hydroxyl groups excluding tert-OH is 1. The third kappa shape index (κ3) is 8.34. The number of fused-ring (bicyclic) bond motifs is 1. The number of benzene rings is 4. The number of nitrogens with one attached hydrogen (secondary N) is 1. The van der Waals surface area contributed by atoms with E-state index in [0.717, 1.165) is 46.1 Å². The van der Waals surface area contributed by atoms with Crippen molar-refractivity contribution in [3.63, 3.8) is 0 Å². The van der Waals surface area contributed by atoms with Gasteiger partial charge in [0.25, 0.3) is 0 Å². The summed E-state index contributed by atoms with van der Waals surface area (Å²) in [5.41, 5.74) is 3.27. The maximum absolute atomic E-state index is 15.0. The maximum atomic E-state index is 15.0. The molecular formula is C46H48N3O8-. The zero-order chi connectivity index (χ0) is 40.1. The molecule has 1 aliphatic carbocycles. The Labute approximate surface area is 331 Å². The van der Waals surface area contributed by atoms with Gasteiger partial charge in [-0.1, -0.05) is 36.8 Å². The van der Waals surface area contributed by atoms with E-state index >= 15 is 4.79 Å². The van der Waals surface area contributed by atoms with Crippen molar-refractivity contribution in [3.05, 3.63) is 126 Å². The molecule has 11 nitrogen and oxygen atoms in total. The minimum atomic E-state index is -1.06. The minimum Gasteiger partial charge on any atom is -0.668 e. The van der Waals surface area contributed by atoms with Gasteiger partial charge in [0.1, 0.15) is 17.4 Å². The second-order valence-electron chi connectivity index (χ2n) is 15.0. The fraction of sp³-hybridized carbons (Fsp3) is 0.304. The molecule has 11 heteroatoms. The highest BCUT2D eigenvalue weighted by molar-refractivity contribution is 5.87. The van der Waals surface area contributed by atoms with Crippen LogP contribution < -0.4 is 19.8 Å². The summed E-state index contributed by atoms with van der Waals surface area (Å²) in [5, 5.41) is 58.6. The number of aromatic nitrogens is 2. The van der Waals surface area contributed by atoms with Crippen LogP contribution in [0.4, 0.5) is 11.5 Å². The van der Waals surface area contributed by atoms with Crippen molar-refractivity contribution in [2.75, 3.05) is 19.5 Å². The first-order chi connectivity index (χ1) is 27.6. The summed E-state index contributed by atoms with van der Waals surface area (Å²) in [6.07, 6.45) is 6.39. The van der Waals surface area contributed by atoms with Crippen molar-refractivity contribution in [3.8, 4) is 34.5 Å². The standard InChI is InChI=1S/C46H48N3O8/c1-56-41-22-28(7-14-37(41)51)8-15-38(52)44(39(53)16-9-29-21-40(54)45(55)42(23-29)57-2)46(18-3-5-32(46)26-34-6-4-19-47-34)33-17-20-48-43(27-33)49-35-12-10-31-25-36(50)13-11-30(31)24-35/h4,6-7,10-14,17,19-25,27,32,38,44,50-52,54-55H,3,5,8-9,15-16,18,26H2,1-2H3,(H,48,49)/q-1.